The SMILES string of the molecule is C[C@H]1CN(C(=O)c2ccsc2)CCN1.Cl. The van der Waals surface area contributed by atoms with Crippen LogP contribution in [0.25, 0.3) is 0 Å². The van der Waals surface area contributed by atoms with Crippen molar-refractivity contribution in [3.63, 3.8) is 0 Å². The highest BCUT2D eigenvalue weighted by molar-refractivity contribution is 7.08. The third kappa shape index (κ3) is 2.93. The standard InChI is InChI=1S/C10H14N2OS.ClH/c1-8-6-12(4-3-11-8)10(13)9-2-5-14-7-9;/h2,5,7-8,11H,3-4,6H2,1H3;1H/t8-;/m0./s1. The van der Waals surface area contributed by atoms with Crippen LogP contribution in [0.3, 0.4) is 0 Å². The third-order valence-corrected chi connectivity index (χ3v) is 3.11. The molecule has 0 spiro atoms. The molecule has 84 valence electrons. The minimum atomic E-state index is 0. The van der Waals surface area contributed by atoms with Crippen molar-refractivity contribution in [3.8, 4) is 0 Å². The monoisotopic (exact) mass is 246 g/mol. The van der Waals surface area contributed by atoms with Gasteiger partial charge in [-0.2, -0.15) is 11.3 Å². The molecular weight excluding hydrogens is 232 g/mol. The lowest BCUT2D eigenvalue weighted by Crippen LogP contribution is -2.51. The van der Waals surface area contributed by atoms with Crippen molar-refractivity contribution in [2.24, 2.45) is 0 Å². The summed E-state index contributed by atoms with van der Waals surface area (Å²) in [5.74, 6) is 0.166. The molecule has 1 aliphatic heterocycles. The molecule has 0 aliphatic carbocycles. The molecule has 0 unspecified atom stereocenters. The Kier molecular flexibility index (Phi) is 4.57. The highest BCUT2D eigenvalue weighted by Gasteiger charge is 2.21. The zero-order valence-corrected chi connectivity index (χ0v) is 10.2. The molecule has 1 atom stereocenters. The first-order chi connectivity index (χ1) is 6.77. The van der Waals surface area contributed by atoms with Crippen LogP contribution >= 0.6 is 23.7 Å². The molecule has 1 aliphatic rings. The number of piperazine rings is 1. The lowest BCUT2D eigenvalue weighted by molar-refractivity contribution is 0.0709. The molecule has 5 heteroatoms. The number of thiophene rings is 1. The second-order valence-corrected chi connectivity index (χ2v) is 4.40. The van der Waals surface area contributed by atoms with Crippen LogP contribution < -0.4 is 5.32 Å². The molecule has 0 radical (unpaired) electrons. The van der Waals surface area contributed by atoms with E-state index in [1.54, 1.807) is 11.3 Å². The fourth-order valence-electron chi connectivity index (χ4n) is 1.69. The Balaban J connectivity index is 0.00000112. The Morgan fingerprint density at radius 3 is 3.07 bits per heavy atom. The number of nitrogens with zero attached hydrogens (tertiary/aromatic N) is 1. The molecule has 2 rings (SSSR count). The molecular formula is C10H15ClN2OS. The van der Waals surface area contributed by atoms with Crippen LogP contribution in [0.5, 0.6) is 0 Å². The van der Waals surface area contributed by atoms with E-state index in [0.717, 1.165) is 25.2 Å². The van der Waals surface area contributed by atoms with Crippen molar-refractivity contribution in [3.05, 3.63) is 22.4 Å². The summed E-state index contributed by atoms with van der Waals surface area (Å²) in [6, 6.07) is 2.30. The molecule has 1 aromatic rings. The Morgan fingerprint density at radius 2 is 2.47 bits per heavy atom. The van der Waals surface area contributed by atoms with Gasteiger partial charge in [-0.15, -0.1) is 12.4 Å². The summed E-state index contributed by atoms with van der Waals surface area (Å²) in [7, 11) is 0. The highest BCUT2D eigenvalue weighted by Crippen LogP contribution is 2.11. The summed E-state index contributed by atoms with van der Waals surface area (Å²) < 4.78 is 0. The maximum Gasteiger partial charge on any atom is 0.254 e. The minimum Gasteiger partial charge on any atom is -0.336 e. The maximum atomic E-state index is 11.9. The molecule has 1 aromatic heterocycles. The van der Waals surface area contributed by atoms with Gasteiger partial charge < -0.3 is 10.2 Å². The Hall–Kier alpha value is -0.580. The van der Waals surface area contributed by atoms with Crippen molar-refractivity contribution in [1.82, 2.24) is 10.2 Å². The smallest absolute Gasteiger partial charge is 0.254 e. The van der Waals surface area contributed by atoms with Gasteiger partial charge in [0.05, 0.1) is 5.56 Å². The molecule has 1 amide bonds. The minimum absolute atomic E-state index is 0. The summed E-state index contributed by atoms with van der Waals surface area (Å²) >= 11 is 1.57. The number of rotatable bonds is 1. The maximum absolute atomic E-state index is 11.9. The average molecular weight is 247 g/mol. The van der Waals surface area contributed by atoms with Crippen LogP contribution in [-0.4, -0.2) is 36.5 Å². The van der Waals surface area contributed by atoms with E-state index in [-0.39, 0.29) is 18.3 Å². The summed E-state index contributed by atoms with van der Waals surface area (Å²) in [6.07, 6.45) is 0. The fourth-order valence-corrected chi connectivity index (χ4v) is 2.32. The largest absolute Gasteiger partial charge is 0.336 e. The van der Waals surface area contributed by atoms with Gasteiger partial charge in [-0.1, -0.05) is 0 Å². The van der Waals surface area contributed by atoms with Crippen molar-refractivity contribution in [2.45, 2.75) is 13.0 Å². The zero-order chi connectivity index (χ0) is 9.97. The zero-order valence-electron chi connectivity index (χ0n) is 8.60. The second-order valence-electron chi connectivity index (χ2n) is 3.62. The van der Waals surface area contributed by atoms with Gasteiger partial charge in [0.15, 0.2) is 0 Å². The van der Waals surface area contributed by atoms with Crippen LogP contribution in [0.2, 0.25) is 0 Å². The number of carbonyl (C=O) groups is 1. The van der Waals surface area contributed by atoms with Crippen molar-refractivity contribution >= 4 is 29.7 Å². The van der Waals surface area contributed by atoms with Gasteiger partial charge in [0, 0.05) is 31.1 Å². The third-order valence-electron chi connectivity index (χ3n) is 2.42. The van der Waals surface area contributed by atoms with Gasteiger partial charge >= 0.3 is 0 Å². The van der Waals surface area contributed by atoms with Gasteiger partial charge in [0.25, 0.3) is 5.91 Å². The van der Waals surface area contributed by atoms with E-state index in [1.165, 1.54) is 0 Å². The van der Waals surface area contributed by atoms with Gasteiger partial charge in [0.2, 0.25) is 0 Å². The number of hydrogen-bond donors (Lipinski definition) is 1. The molecule has 3 nitrogen and oxygen atoms in total. The van der Waals surface area contributed by atoms with E-state index in [4.69, 9.17) is 0 Å². The van der Waals surface area contributed by atoms with Crippen molar-refractivity contribution in [1.29, 1.82) is 0 Å². The summed E-state index contributed by atoms with van der Waals surface area (Å²) in [4.78, 5) is 13.8. The molecule has 1 saturated heterocycles. The van der Waals surface area contributed by atoms with Crippen LogP contribution in [0.15, 0.2) is 16.8 Å². The van der Waals surface area contributed by atoms with Crippen LogP contribution in [0.4, 0.5) is 0 Å². The first-order valence-corrected chi connectivity index (χ1v) is 5.76. The topological polar surface area (TPSA) is 32.3 Å². The lowest BCUT2D eigenvalue weighted by atomic mass is 10.2. The van der Waals surface area contributed by atoms with E-state index in [9.17, 15) is 4.79 Å². The molecule has 0 saturated carbocycles. The van der Waals surface area contributed by atoms with E-state index >= 15 is 0 Å². The molecule has 1 fully saturated rings. The van der Waals surface area contributed by atoms with E-state index < -0.39 is 0 Å². The quantitative estimate of drug-likeness (QED) is 0.817. The predicted molar refractivity (Wildman–Crippen MR) is 64.9 cm³/mol. The first kappa shape index (κ1) is 12.5. The molecule has 2 heterocycles. The van der Waals surface area contributed by atoms with E-state index in [2.05, 4.69) is 12.2 Å². The Bertz CT molecular complexity index is 315. The van der Waals surface area contributed by atoms with Crippen LogP contribution in [0, 0.1) is 0 Å². The normalized spacial score (nSPS) is 20.9. The molecule has 15 heavy (non-hydrogen) atoms. The van der Waals surface area contributed by atoms with Crippen LogP contribution in [-0.2, 0) is 0 Å². The van der Waals surface area contributed by atoms with Gasteiger partial charge in [-0.25, -0.2) is 0 Å². The first-order valence-electron chi connectivity index (χ1n) is 4.82. The number of halogens is 1. The number of carbonyl (C=O) groups excluding carboxylic acids is 1. The second kappa shape index (κ2) is 5.49. The average Bonchev–Trinajstić information content (AvgIpc) is 2.69. The molecule has 1 N–H and O–H groups in total. The van der Waals surface area contributed by atoms with E-state index in [1.807, 2.05) is 21.7 Å². The van der Waals surface area contributed by atoms with Crippen molar-refractivity contribution in [2.75, 3.05) is 19.6 Å². The van der Waals surface area contributed by atoms with Crippen molar-refractivity contribution < 1.29 is 4.79 Å². The molecule has 0 bridgehead atoms. The Labute approximate surface area is 99.9 Å². The number of amides is 1. The Morgan fingerprint density at radius 1 is 1.67 bits per heavy atom. The predicted octanol–water partition coefficient (Wildman–Crippen LogP) is 1.60. The van der Waals surface area contributed by atoms with Gasteiger partial charge in [-0.3, -0.25) is 4.79 Å². The fraction of sp³-hybridized carbons (Fsp3) is 0.500. The van der Waals surface area contributed by atoms with Gasteiger partial charge in [0.1, 0.15) is 0 Å². The number of hydrogen-bond acceptors (Lipinski definition) is 3. The summed E-state index contributed by atoms with van der Waals surface area (Å²) in [6.45, 7) is 4.64. The highest BCUT2D eigenvalue weighted by atomic mass is 35.5. The summed E-state index contributed by atoms with van der Waals surface area (Å²) in [5.41, 5.74) is 0.823. The van der Waals surface area contributed by atoms with Gasteiger partial charge in [-0.05, 0) is 18.4 Å². The molecule has 0 aromatic carbocycles. The lowest BCUT2D eigenvalue weighted by Gasteiger charge is -2.31. The van der Waals surface area contributed by atoms with E-state index in [0.29, 0.717) is 6.04 Å². The van der Waals surface area contributed by atoms with Crippen LogP contribution in [0.1, 0.15) is 17.3 Å². The summed E-state index contributed by atoms with van der Waals surface area (Å²) in [5, 5.41) is 7.18. The number of nitrogens with one attached hydrogen (secondary N) is 1.